The van der Waals surface area contributed by atoms with Gasteiger partial charge in [0.1, 0.15) is 0 Å². The van der Waals surface area contributed by atoms with E-state index in [0.717, 1.165) is 35.5 Å². The van der Waals surface area contributed by atoms with Crippen LogP contribution in [0.3, 0.4) is 0 Å². The third kappa shape index (κ3) is 5.14. The summed E-state index contributed by atoms with van der Waals surface area (Å²) >= 11 is 0. The summed E-state index contributed by atoms with van der Waals surface area (Å²) in [6, 6.07) is 45.4. The minimum absolute atomic E-state index is 0.0172. The number of anilines is 3. The van der Waals surface area contributed by atoms with Crippen molar-refractivity contribution in [3.05, 3.63) is 137 Å². The summed E-state index contributed by atoms with van der Waals surface area (Å²) in [5.41, 5.74) is 21.5. The molecule has 8 aromatic rings. The van der Waals surface area contributed by atoms with Gasteiger partial charge in [0.2, 0.25) is 0 Å². The van der Waals surface area contributed by atoms with Crippen molar-refractivity contribution >= 4 is 78.2 Å². The number of nitrogens with zero attached hydrogens (tertiary/aromatic N) is 2. The van der Waals surface area contributed by atoms with Crippen molar-refractivity contribution in [2.45, 2.75) is 146 Å². The Bertz CT molecular complexity index is 3600. The van der Waals surface area contributed by atoms with Gasteiger partial charge in [0.25, 0.3) is 0 Å². The SMILES string of the molecule is Cc1cc2c(cc1N1c3cc4ccccc4c4c3B(c3c1ccc1ccccc31)n1c3ccc(C56CC7CC(CC(C7)C5)C6)cc3c3cc(C56CC7CC(CC(C7)C5)C6)cc-4c31)C(C)(C)CCC2(C)C. The Labute approximate surface area is 415 Å². The summed E-state index contributed by atoms with van der Waals surface area (Å²) in [5, 5.41) is 8.53. The van der Waals surface area contributed by atoms with E-state index >= 15 is 0 Å². The Morgan fingerprint density at radius 3 is 1.70 bits per heavy atom. The molecule has 8 saturated carbocycles. The van der Waals surface area contributed by atoms with E-state index in [-0.39, 0.29) is 23.1 Å². The lowest BCUT2D eigenvalue weighted by atomic mass is 9.44. The highest BCUT2D eigenvalue weighted by atomic mass is 15.2. The Morgan fingerprint density at radius 2 is 1.04 bits per heavy atom. The molecule has 348 valence electrons. The number of aromatic nitrogens is 1. The third-order valence-electron chi connectivity index (χ3n) is 22.2. The molecule has 0 unspecified atom stereocenters. The third-order valence-corrected chi connectivity index (χ3v) is 22.2. The van der Waals surface area contributed by atoms with Crippen molar-refractivity contribution in [3.63, 3.8) is 0 Å². The van der Waals surface area contributed by atoms with E-state index in [1.807, 2.05) is 0 Å². The molecule has 0 N–H and O–H groups in total. The molecule has 7 aromatic carbocycles. The van der Waals surface area contributed by atoms with Gasteiger partial charge in [-0.15, -0.1) is 0 Å². The van der Waals surface area contributed by atoms with E-state index in [9.17, 15) is 0 Å². The van der Waals surface area contributed by atoms with E-state index in [2.05, 4.69) is 153 Å². The van der Waals surface area contributed by atoms with Gasteiger partial charge in [0.15, 0.2) is 0 Å². The molecule has 9 aliphatic carbocycles. The van der Waals surface area contributed by atoms with E-state index in [4.69, 9.17) is 0 Å². The number of hydrogen-bond donors (Lipinski definition) is 0. The van der Waals surface area contributed by atoms with Crippen LogP contribution in [-0.4, -0.2) is 11.3 Å². The van der Waals surface area contributed by atoms with Crippen molar-refractivity contribution in [1.29, 1.82) is 0 Å². The molecule has 1 aromatic heterocycles. The van der Waals surface area contributed by atoms with E-state index in [0.29, 0.717) is 5.41 Å². The van der Waals surface area contributed by atoms with Crippen LogP contribution >= 0.6 is 0 Å². The Balaban J connectivity index is 1.01. The molecule has 3 heteroatoms. The molecule has 0 atom stereocenters. The van der Waals surface area contributed by atoms with Crippen LogP contribution in [0, 0.1) is 42.4 Å². The van der Waals surface area contributed by atoms with Gasteiger partial charge in [-0.2, -0.15) is 0 Å². The first-order chi connectivity index (χ1) is 33.9. The minimum atomic E-state index is 0.0172. The van der Waals surface area contributed by atoms with E-state index < -0.39 is 0 Å². The van der Waals surface area contributed by atoms with Gasteiger partial charge in [-0.3, -0.25) is 0 Å². The maximum atomic E-state index is 2.92. The first-order valence-electron chi connectivity index (χ1n) is 28.1. The van der Waals surface area contributed by atoms with Crippen LogP contribution in [-0.2, 0) is 21.7 Å². The lowest BCUT2D eigenvalue weighted by molar-refractivity contribution is -0.00527. The van der Waals surface area contributed by atoms with Crippen LogP contribution in [0.4, 0.5) is 17.1 Å². The highest BCUT2D eigenvalue weighted by Crippen LogP contribution is 2.64. The number of rotatable bonds is 3. The lowest BCUT2D eigenvalue weighted by Crippen LogP contribution is -2.57. The van der Waals surface area contributed by atoms with Gasteiger partial charge in [-0.05, 0) is 262 Å². The average Bonchev–Trinajstić information content (AvgIpc) is 3.67. The molecule has 19 rings (SSSR count). The van der Waals surface area contributed by atoms with E-state index in [1.54, 1.807) is 16.7 Å². The van der Waals surface area contributed by atoms with Crippen molar-refractivity contribution in [2.75, 3.05) is 4.90 Å². The first kappa shape index (κ1) is 40.3. The standard InChI is InChI=1S/C67H67BN2/c1-38-20-54-55(65(4,5)19-18-64(54,2)3)31-58(38)69-57-16-14-45-10-6-9-13-50(45)61(57)68-62-59(69)27-46-11-7-8-12-49(46)60(62)53-30-48(67-35-42-24-43(36-67)26-44(25-42)37-67)29-52-51-28-47(15-17-56(51)70(68)63(52)53)66-32-39-21-40(33-66)23-41(22-39)34-66/h6-17,20,27-31,39-44H,18-19,21-26,32-37H2,1-5H3. The van der Waals surface area contributed by atoms with Crippen LogP contribution in [0.1, 0.15) is 145 Å². The van der Waals surface area contributed by atoms with Crippen LogP contribution in [0.25, 0.3) is 54.5 Å². The molecular formula is C67H67BN2. The predicted octanol–water partition coefficient (Wildman–Crippen LogP) is 16.1. The molecule has 70 heavy (non-hydrogen) atoms. The molecular weight excluding hydrogens is 844 g/mol. The fourth-order valence-corrected chi connectivity index (χ4v) is 19.8. The van der Waals surface area contributed by atoms with Gasteiger partial charge >= 0.3 is 6.85 Å². The summed E-state index contributed by atoms with van der Waals surface area (Å²) < 4.78 is 2.92. The summed E-state index contributed by atoms with van der Waals surface area (Å²) in [4.78, 5) is 2.76. The molecule has 3 heterocycles. The van der Waals surface area contributed by atoms with Crippen LogP contribution in [0.5, 0.6) is 0 Å². The monoisotopic (exact) mass is 911 g/mol. The van der Waals surface area contributed by atoms with Crippen LogP contribution in [0.15, 0.2) is 109 Å². The quantitative estimate of drug-likeness (QED) is 0.160. The highest BCUT2D eigenvalue weighted by molar-refractivity contribution is 6.92. The van der Waals surface area contributed by atoms with E-state index in [1.165, 1.54) is 183 Å². The first-order valence-corrected chi connectivity index (χ1v) is 28.1. The molecule has 0 saturated heterocycles. The fraction of sp³-hybridized carbons (Fsp3) is 0.433. The maximum absolute atomic E-state index is 2.92. The van der Waals surface area contributed by atoms with Gasteiger partial charge in [-0.1, -0.05) is 94.4 Å². The van der Waals surface area contributed by atoms with Crippen molar-refractivity contribution in [3.8, 4) is 11.1 Å². The molecule has 0 amide bonds. The lowest BCUT2D eigenvalue weighted by Gasteiger charge is -2.57. The zero-order valence-electron chi connectivity index (χ0n) is 42.2. The van der Waals surface area contributed by atoms with Crippen LogP contribution in [0.2, 0.25) is 0 Å². The summed E-state index contributed by atoms with van der Waals surface area (Å²) in [7, 11) is 0. The average molecular weight is 911 g/mol. The topological polar surface area (TPSA) is 8.17 Å². The zero-order valence-corrected chi connectivity index (χ0v) is 42.2. The number of hydrogen-bond acceptors (Lipinski definition) is 1. The largest absolute Gasteiger partial charge is 0.375 e. The fourth-order valence-electron chi connectivity index (χ4n) is 19.8. The second kappa shape index (κ2) is 13.2. The summed E-state index contributed by atoms with van der Waals surface area (Å²) in [6.45, 7) is 12.4. The molecule has 0 radical (unpaired) electrons. The van der Waals surface area contributed by atoms with Gasteiger partial charge in [0, 0.05) is 44.4 Å². The second-order valence-corrected chi connectivity index (χ2v) is 27.2. The van der Waals surface area contributed by atoms with Crippen molar-refractivity contribution in [2.24, 2.45) is 35.5 Å². The predicted molar refractivity (Wildman–Crippen MR) is 295 cm³/mol. The maximum Gasteiger partial charge on any atom is 0.333 e. The molecule has 11 aliphatic rings. The van der Waals surface area contributed by atoms with Gasteiger partial charge < -0.3 is 9.38 Å². The van der Waals surface area contributed by atoms with Crippen LogP contribution < -0.4 is 15.8 Å². The highest BCUT2D eigenvalue weighted by Gasteiger charge is 2.54. The van der Waals surface area contributed by atoms with Gasteiger partial charge in [0.05, 0.1) is 0 Å². The zero-order chi connectivity index (χ0) is 46.4. The Kier molecular flexibility index (Phi) is 7.62. The minimum Gasteiger partial charge on any atom is -0.375 e. The van der Waals surface area contributed by atoms with Crippen molar-refractivity contribution < 1.29 is 0 Å². The summed E-state index contributed by atoms with van der Waals surface area (Å²) in [6.07, 6.45) is 19.7. The molecule has 0 spiro atoms. The van der Waals surface area contributed by atoms with Gasteiger partial charge in [-0.25, -0.2) is 0 Å². The number of aryl methyl sites for hydroxylation is 1. The smallest absolute Gasteiger partial charge is 0.333 e. The Morgan fingerprint density at radius 1 is 0.471 bits per heavy atom. The molecule has 8 bridgehead atoms. The molecule has 2 aliphatic heterocycles. The number of fused-ring (bicyclic) bond motifs is 12. The molecule has 2 nitrogen and oxygen atoms in total. The Hall–Kier alpha value is -5.28. The number of benzene rings is 7. The van der Waals surface area contributed by atoms with Crippen molar-refractivity contribution in [1.82, 2.24) is 4.48 Å². The second-order valence-electron chi connectivity index (χ2n) is 27.2. The normalized spacial score (nSPS) is 31.0. The molecule has 8 fully saturated rings. The summed E-state index contributed by atoms with van der Waals surface area (Å²) in [5.74, 6) is 5.45.